The van der Waals surface area contributed by atoms with Crippen LogP contribution in [-0.4, -0.2) is 38.1 Å². The molecule has 1 heterocycles. The molecule has 1 aliphatic heterocycles. The fraction of sp³-hybridized carbons (Fsp3) is 0.600. The van der Waals surface area contributed by atoms with Gasteiger partial charge in [0.05, 0.1) is 0 Å². The molecule has 18 heavy (non-hydrogen) atoms. The molecule has 1 aromatic rings. The Kier molecular flexibility index (Phi) is 3.93. The van der Waals surface area contributed by atoms with Gasteiger partial charge in [-0.05, 0) is 44.5 Å². The summed E-state index contributed by atoms with van der Waals surface area (Å²) in [5, 5.41) is 0. The van der Waals surface area contributed by atoms with Gasteiger partial charge in [-0.1, -0.05) is 12.1 Å². The quantitative estimate of drug-likeness (QED) is 0.883. The number of hydrogen-bond acceptors (Lipinski definition) is 3. The van der Waals surface area contributed by atoms with Crippen molar-refractivity contribution in [2.75, 3.05) is 32.1 Å². The zero-order chi connectivity index (χ0) is 13.3. The summed E-state index contributed by atoms with van der Waals surface area (Å²) in [4.78, 5) is 4.67. The van der Waals surface area contributed by atoms with Crippen LogP contribution in [0.3, 0.4) is 0 Å². The van der Waals surface area contributed by atoms with Crippen molar-refractivity contribution in [1.29, 1.82) is 0 Å². The van der Waals surface area contributed by atoms with E-state index in [2.05, 4.69) is 55.9 Å². The van der Waals surface area contributed by atoms with Crippen molar-refractivity contribution in [2.24, 2.45) is 5.73 Å². The van der Waals surface area contributed by atoms with E-state index >= 15 is 0 Å². The predicted molar refractivity (Wildman–Crippen MR) is 78.1 cm³/mol. The predicted octanol–water partition coefficient (Wildman–Crippen LogP) is 2.02. The molecular weight excluding hydrogens is 222 g/mol. The summed E-state index contributed by atoms with van der Waals surface area (Å²) in [6.07, 6.45) is 1.16. The zero-order valence-corrected chi connectivity index (χ0v) is 12.0. The van der Waals surface area contributed by atoms with Crippen molar-refractivity contribution in [1.82, 2.24) is 4.90 Å². The van der Waals surface area contributed by atoms with Crippen LogP contribution >= 0.6 is 0 Å². The van der Waals surface area contributed by atoms with Gasteiger partial charge in [-0.3, -0.25) is 4.90 Å². The highest BCUT2D eigenvalue weighted by Crippen LogP contribution is 2.30. The van der Waals surface area contributed by atoms with Gasteiger partial charge in [0, 0.05) is 37.9 Å². The van der Waals surface area contributed by atoms with Crippen LogP contribution in [0.1, 0.15) is 31.0 Å². The molecule has 3 heteroatoms. The monoisotopic (exact) mass is 247 g/mol. The summed E-state index contributed by atoms with van der Waals surface area (Å²) in [5.41, 5.74) is 10.2. The van der Waals surface area contributed by atoms with E-state index in [0.717, 1.165) is 13.0 Å². The average Bonchev–Trinajstić information content (AvgIpc) is 2.71. The second-order valence-electron chi connectivity index (χ2n) is 5.57. The number of nitrogens with zero attached hydrogens (tertiary/aromatic N) is 2. The topological polar surface area (TPSA) is 32.5 Å². The van der Waals surface area contributed by atoms with Crippen molar-refractivity contribution < 1.29 is 0 Å². The molecule has 0 bridgehead atoms. The van der Waals surface area contributed by atoms with E-state index in [1.165, 1.54) is 16.8 Å². The van der Waals surface area contributed by atoms with Crippen molar-refractivity contribution >= 4 is 5.69 Å². The highest BCUT2D eigenvalue weighted by molar-refractivity contribution is 5.58. The standard InChI is InChI=1S/C15H25N3/c1-11(2)18(4)15(10-16)12-5-6-14-13(9-12)7-8-17(14)3/h5-6,9,11,15H,7-8,10,16H2,1-4H3. The minimum atomic E-state index is 0.321. The average molecular weight is 247 g/mol. The molecule has 0 radical (unpaired) electrons. The van der Waals surface area contributed by atoms with Crippen molar-refractivity contribution in [2.45, 2.75) is 32.4 Å². The van der Waals surface area contributed by atoms with E-state index in [4.69, 9.17) is 5.73 Å². The van der Waals surface area contributed by atoms with Crippen molar-refractivity contribution in [3.63, 3.8) is 0 Å². The molecule has 0 aromatic heterocycles. The fourth-order valence-corrected chi connectivity index (χ4v) is 2.69. The minimum Gasteiger partial charge on any atom is -0.374 e. The van der Waals surface area contributed by atoms with E-state index in [1.54, 1.807) is 0 Å². The lowest BCUT2D eigenvalue weighted by Gasteiger charge is -2.31. The Morgan fingerprint density at radius 3 is 2.72 bits per heavy atom. The van der Waals surface area contributed by atoms with Crippen LogP contribution in [0, 0.1) is 0 Å². The van der Waals surface area contributed by atoms with Gasteiger partial charge in [-0.2, -0.15) is 0 Å². The Bertz CT molecular complexity index is 414. The summed E-state index contributed by atoms with van der Waals surface area (Å²) in [7, 11) is 4.31. The molecule has 100 valence electrons. The highest BCUT2D eigenvalue weighted by atomic mass is 15.2. The Labute approximate surface area is 111 Å². The third-order valence-electron chi connectivity index (χ3n) is 4.15. The molecule has 0 spiro atoms. The zero-order valence-electron chi connectivity index (χ0n) is 12.0. The molecule has 0 saturated heterocycles. The number of likely N-dealkylation sites (N-methyl/N-ethyl adjacent to an activating group) is 2. The smallest absolute Gasteiger partial charge is 0.0470 e. The SMILES string of the molecule is CC(C)N(C)C(CN)c1ccc2c(c1)CCN2C. The number of anilines is 1. The summed E-state index contributed by atoms with van der Waals surface area (Å²) in [5.74, 6) is 0. The van der Waals surface area contributed by atoms with Gasteiger partial charge in [0.25, 0.3) is 0 Å². The Morgan fingerprint density at radius 2 is 2.11 bits per heavy atom. The molecule has 2 rings (SSSR count). The first-order valence-electron chi connectivity index (χ1n) is 6.80. The summed E-state index contributed by atoms with van der Waals surface area (Å²) >= 11 is 0. The largest absolute Gasteiger partial charge is 0.374 e. The summed E-state index contributed by atoms with van der Waals surface area (Å²) in [6.45, 7) is 6.23. The first-order chi connectivity index (χ1) is 8.54. The molecule has 0 amide bonds. The number of hydrogen-bond donors (Lipinski definition) is 1. The number of rotatable bonds is 4. The van der Waals surface area contributed by atoms with Crippen LogP contribution in [0.15, 0.2) is 18.2 Å². The maximum atomic E-state index is 5.96. The molecule has 1 unspecified atom stereocenters. The van der Waals surface area contributed by atoms with Crippen LogP contribution < -0.4 is 10.6 Å². The van der Waals surface area contributed by atoms with Crippen LogP contribution in [0.4, 0.5) is 5.69 Å². The maximum Gasteiger partial charge on any atom is 0.0470 e. The van der Waals surface area contributed by atoms with Gasteiger partial charge in [-0.25, -0.2) is 0 Å². The summed E-state index contributed by atoms with van der Waals surface area (Å²) in [6, 6.07) is 7.65. The molecule has 0 fully saturated rings. The Morgan fingerprint density at radius 1 is 1.39 bits per heavy atom. The molecule has 0 saturated carbocycles. The molecule has 1 aliphatic rings. The number of fused-ring (bicyclic) bond motifs is 1. The van der Waals surface area contributed by atoms with Crippen molar-refractivity contribution in [3.05, 3.63) is 29.3 Å². The van der Waals surface area contributed by atoms with Gasteiger partial charge in [0.15, 0.2) is 0 Å². The van der Waals surface area contributed by atoms with Crippen LogP contribution in [0.25, 0.3) is 0 Å². The third-order valence-corrected chi connectivity index (χ3v) is 4.15. The van der Waals surface area contributed by atoms with Gasteiger partial charge < -0.3 is 10.6 Å². The second-order valence-corrected chi connectivity index (χ2v) is 5.57. The van der Waals surface area contributed by atoms with Crippen LogP contribution in [-0.2, 0) is 6.42 Å². The van der Waals surface area contributed by atoms with Gasteiger partial charge in [0.2, 0.25) is 0 Å². The van der Waals surface area contributed by atoms with Crippen LogP contribution in [0.2, 0.25) is 0 Å². The lowest BCUT2D eigenvalue weighted by Crippen LogP contribution is -2.35. The minimum absolute atomic E-state index is 0.321. The maximum absolute atomic E-state index is 5.96. The molecular formula is C15H25N3. The van der Waals surface area contributed by atoms with Gasteiger partial charge >= 0.3 is 0 Å². The fourth-order valence-electron chi connectivity index (χ4n) is 2.69. The van der Waals surface area contributed by atoms with E-state index in [-0.39, 0.29) is 0 Å². The van der Waals surface area contributed by atoms with Gasteiger partial charge in [0.1, 0.15) is 0 Å². The first kappa shape index (κ1) is 13.4. The molecule has 3 nitrogen and oxygen atoms in total. The van der Waals surface area contributed by atoms with E-state index in [1.807, 2.05) is 0 Å². The molecule has 1 atom stereocenters. The van der Waals surface area contributed by atoms with Crippen LogP contribution in [0.5, 0.6) is 0 Å². The Hall–Kier alpha value is -1.06. The Balaban J connectivity index is 2.28. The lowest BCUT2D eigenvalue weighted by molar-refractivity contribution is 0.201. The van der Waals surface area contributed by atoms with E-state index < -0.39 is 0 Å². The second kappa shape index (κ2) is 5.29. The van der Waals surface area contributed by atoms with E-state index in [9.17, 15) is 0 Å². The van der Waals surface area contributed by atoms with E-state index in [0.29, 0.717) is 18.6 Å². The highest BCUT2D eigenvalue weighted by Gasteiger charge is 2.21. The normalized spacial score (nSPS) is 16.5. The molecule has 0 aliphatic carbocycles. The van der Waals surface area contributed by atoms with Crippen molar-refractivity contribution in [3.8, 4) is 0 Å². The number of benzene rings is 1. The molecule has 1 aromatic carbocycles. The first-order valence-corrected chi connectivity index (χ1v) is 6.80. The molecule has 2 N–H and O–H groups in total. The lowest BCUT2D eigenvalue weighted by atomic mass is 10.0. The summed E-state index contributed by atoms with van der Waals surface area (Å²) < 4.78 is 0. The van der Waals surface area contributed by atoms with Gasteiger partial charge in [-0.15, -0.1) is 0 Å². The third kappa shape index (κ3) is 2.38. The number of nitrogens with two attached hydrogens (primary N) is 1.